The van der Waals surface area contributed by atoms with Gasteiger partial charge in [-0.15, -0.1) is 0 Å². The molecule has 1 saturated carbocycles. The zero-order valence-corrected chi connectivity index (χ0v) is 14.3. The number of anilines is 2. The van der Waals surface area contributed by atoms with Crippen molar-refractivity contribution in [1.29, 1.82) is 0 Å². The van der Waals surface area contributed by atoms with E-state index >= 15 is 0 Å². The molecule has 1 aliphatic carbocycles. The van der Waals surface area contributed by atoms with Gasteiger partial charge in [-0.1, -0.05) is 18.5 Å². The Morgan fingerprint density at radius 1 is 1.48 bits per heavy atom. The Hall–Kier alpha value is -1.49. The second-order valence-electron chi connectivity index (χ2n) is 6.42. The van der Waals surface area contributed by atoms with Crippen LogP contribution in [0.4, 0.5) is 15.8 Å². The van der Waals surface area contributed by atoms with Crippen molar-refractivity contribution in [3.63, 3.8) is 0 Å². The van der Waals surface area contributed by atoms with Gasteiger partial charge in [-0.3, -0.25) is 0 Å². The van der Waals surface area contributed by atoms with Gasteiger partial charge < -0.3 is 15.0 Å². The first-order valence-corrected chi connectivity index (χ1v) is 8.59. The highest BCUT2D eigenvalue weighted by molar-refractivity contribution is 6.37. The van der Waals surface area contributed by atoms with Gasteiger partial charge in [0.1, 0.15) is 5.82 Å². The smallest absolute Gasteiger partial charge is 0.340 e. The molecular weight excluding hydrogens is 319 g/mol. The van der Waals surface area contributed by atoms with E-state index in [0.29, 0.717) is 23.3 Å². The number of carbonyl (C=O) groups excluding carboxylic acids is 1. The summed E-state index contributed by atoms with van der Waals surface area (Å²) in [4.78, 5) is 14.1. The summed E-state index contributed by atoms with van der Waals surface area (Å²) in [6, 6.07) is 1.56. The van der Waals surface area contributed by atoms with Crippen molar-refractivity contribution < 1.29 is 13.9 Å². The fourth-order valence-corrected chi connectivity index (χ4v) is 3.35. The van der Waals surface area contributed by atoms with Crippen molar-refractivity contribution in [3.05, 3.63) is 22.5 Å². The molecule has 1 N–H and O–H groups in total. The van der Waals surface area contributed by atoms with Crippen molar-refractivity contribution in [2.45, 2.75) is 39.2 Å². The molecule has 2 aliphatic rings. The number of hydrogen-bond donors (Lipinski definition) is 1. The van der Waals surface area contributed by atoms with E-state index in [-0.39, 0.29) is 17.2 Å². The topological polar surface area (TPSA) is 41.6 Å². The number of rotatable bonds is 5. The van der Waals surface area contributed by atoms with E-state index in [2.05, 4.69) is 12.2 Å². The molecule has 23 heavy (non-hydrogen) atoms. The highest BCUT2D eigenvalue weighted by Gasteiger charge is 2.31. The minimum absolute atomic E-state index is 0.178. The summed E-state index contributed by atoms with van der Waals surface area (Å²) in [5.41, 5.74) is 1.08. The molecule has 0 bridgehead atoms. The third kappa shape index (κ3) is 3.39. The van der Waals surface area contributed by atoms with E-state index in [9.17, 15) is 9.18 Å². The summed E-state index contributed by atoms with van der Waals surface area (Å²) in [6.45, 7) is 5.66. The van der Waals surface area contributed by atoms with Crippen molar-refractivity contribution in [2.24, 2.45) is 5.92 Å². The first-order chi connectivity index (χ1) is 11.0. The fourth-order valence-electron chi connectivity index (χ4n) is 2.98. The number of esters is 1. The lowest BCUT2D eigenvalue weighted by atomic mass is 10.1. The predicted molar refractivity (Wildman–Crippen MR) is 90.0 cm³/mol. The highest BCUT2D eigenvalue weighted by atomic mass is 35.5. The highest BCUT2D eigenvalue weighted by Crippen LogP contribution is 2.42. The van der Waals surface area contributed by atoms with Crippen LogP contribution in [0.1, 0.15) is 43.5 Å². The van der Waals surface area contributed by atoms with Gasteiger partial charge in [0.05, 0.1) is 28.6 Å². The Labute approximate surface area is 140 Å². The standard InChI is InChI=1S/C17H22ClFN2O2/c1-3-23-17(22)12-8-13(19)16(21-7-6-10(2)9-21)14(18)15(12)20-11-4-5-11/h8,10-11,20H,3-7,9H2,1-2H3/t10-/m0/s1. The molecule has 0 radical (unpaired) electrons. The van der Waals surface area contributed by atoms with E-state index < -0.39 is 11.8 Å². The first-order valence-electron chi connectivity index (χ1n) is 8.21. The monoisotopic (exact) mass is 340 g/mol. The summed E-state index contributed by atoms with van der Waals surface area (Å²) in [7, 11) is 0. The summed E-state index contributed by atoms with van der Waals surface area (Å²) < 4.78 is 19.7. The molecule has 0 spiro atoms. The lowest BCUT2D eigenvalue weighted by Gasteiger charge is -2.24. The maximum Gasteiger partial charge on any atom is 0.340 e. The van der Waals surface area contributed by atoms with Gasteiger partial charge in [-0.2, -0.15) is 0 Å². The lowest BCUT2D eigenvalue weighted by molar-refractivity contribution is 0.0527. The quantitative estimate of drug-likeness (QED) is 0.820. The zero-order valence-electron chi connectivity index (χ0n) is 13.5. The summed E-state index contributed by atoms with van der Waals surface area (Å²) in [6.07, 6.45) is 3.08. The van der Waals surface area contributed by atoms with Gasteiger partial charge in [0, 0.05) is 19.1 Å². The molecule has 6 heteroatoms. The number of halogens is 2. The van der Waals surface area contributed by atoms with Gasteiger partial charge in [0.2, 0.25) is 0 Å². The second-order valence-corrected chi connectivity index (χ2v) is 6.80. The number of ether oxygens (including phenoxy) is 1. The van der Waals surface area contributed by atoms with Crippen LogP contribution >= 0.6 is 11.6 Å². The van der Waals surface area contributed by atoms with Gasteiger partial charge >= 0.3 is 5.97 Å². The van der Waals surface area contributed by atoms with E-state index in [4.69, 9.17) is 16.3 Å². The van der Waals surface area contributed by atoms with Crippen LogP contribution in [0.25, 0.3) is 0 Å². The normalized spacial score (nSPS) is 20.7. The maximum absolute atomic E-state index is 14.7. The Morgan fingerprint density at radius 2 is 2.22 bits per heavy atom. The number of carbonyl (C=O) groups is 1. The van der Waals surface area contributed by atoms with Crippen molar-refractivity contribution in [1.82, 2.24) is 0 Å². The van der Waals surface area contributed by atoms with Crippen LogP contribution in [-0.4, -0.2) is 31.7 Å². The van der Waals surface area contributed by atoms with Crippen LogP contribution in [0.3, 0.4) is 0 Å². The van der Waals surface area contributed by atoms with Crippen molar-refractivity contribution in [3.8, 4) is 0 Å². The van der Waals surface area contributed by atoms with Crippen LogP contribution in [0.2, 0.25) is 5.02 Å². The largest absolute Gasteiger partial charge is 0.462 e. The minimum atomic E-state index is -0.544. The number of benzene rings is 1. The van der Waals surface area contributed by atoms with Crippen LogP contribution in [0.15, 0.2) is 6.07 Å². The molecule has 2 fully saturated rings. The minimum Gasteiger partial charge on any atom is -0.462 e. The molecular formula is C17H22ClFN2O2. The molecule has 0 aromatic heterocycles. The van der Waals surface area contributed by atoms with E-state index in [1.807, 2.05) is 4.90 Å². The molecule has 1 heterocycles. The average Bonchev–Trinajstić information content (AvgIpc) is 3.22. The molecule has 4 nitrogen and oxygen atoms in total. The number of nitrogens with one attached hydrogen (secondary N) is 1. The molecule has 1 atom stereocenters. The maximum atomic E-state index is 14.7. The Kier molecular flexibility index (Phi) is 4.67. The molecule has 126 valence electrons. The van der Waals surface area contributed by atoms with Gasteiger partial charge in [-0.25, -0.2) is 9.18 Å². The van der Waals surface area contributed by atoms with Gasteiger partial charge in [0.15, 0.2) is 0 Å². The Morgan fingerprint density at radius 3 is 2.78 bits per heavy atom. The van der Waals surface area contributed by atoms with Gasteiger partial charge in [0.25, 0.3) is 0 Å². The molecule has 1 aromatic rings. The van der Waals surface area contributed by atoms with Crippen LogP contribution < -0.4 is 10.2 Å². The van der Waals surface area contributed by atoms with E-state index in [0.717, 1.165) is 32.4 Å². The second kappa shape index (κ2) is 6.56. The summed E-state index contributed by atoms with van der Waals surface area (Å²) in [5, 5.41) is 3.55. The third-order valence-electron chi connectivity index (χ3n) is 4.36. The van der Waals surface area contributed by atoms with E-state index in [1.54, 1.807) is 6.92 Å². The van der Waals surface area contributed by atoms with Crippen molar-refractivity contribution >= 4 is 28.9 Å². The predicted octanol–water partition coefficient (Wildman–Crippen LogP) is 4.08. The molecule has 0 amide bonds. The third-order valence-corrected chi connectivity index (χ3v) is 4.72. The lowest BCUT2D eigenvalue weighted by Crippen LogP contribution is -2.22. The van der Waals surface area contributed by atoms with Crippen LogP contribution in [-0.2, 0) is 4.74 Å². The Balaban J connectivity index is 2.02. The van der Waals surface area contributed by atoms with Crippen LogP contribution in [0.5, 0.6) is 0 Å². The number of hydrogen-bond acceptors (Lipinski definition) is 4. The molecule has 1 aliphatic heterocycles. The molecule has 0 unspecified atom stereocenters. The SMILES string of the molecule is CCOC(=O)c1cc(F)c(N2CC[C@H](C)C2)c(Cl)c1NC1CC1. The molecule has 3 rings (SSSR count). The first kappa shape index (κ1) is 16.4. The van der Waals surface area contributed by atoms with Crippen molar-refractivity contribution in [2.75, 3.05) is 29.9 Å². The van der Waals surface area contributed by atoms with Gasteiger partial charge in [-0.05, 0) is 38.2 Å². The summed E-state index contributed by atoms with van der Waals surface area (Å²) >= 11 is 6.51. The molecule has 1 saturated heterocycles. The summed E-state index contributed by atoms with van der Waals surface area (Å²) in [5.74, 6) is -0.499. The molecule has 1 aromatic carbocycles. The van der Waals surface area contributed by atoms with Crippen LogP contribution in [0, 0.1) is 11.7 Å². The zero-order chi connectivity index (χ0) is 16.6. The average molecular weight is 341 g/mol. The Bertz CT molecular complexity index is 619. The fraction of sp³-hybridized carbons (Fsp3) is 0.588. The van der Waals surface area contributed by atoms with E-state index in [1.165, 1.54) is 6.07 Å². The number of nitrogens with zero attached hydrogens (tertiary/aromatic N) is 1.